The molecule has 2 aromatic heterocycles. The zero-order valence-electron chi connectivity index (χ0n) is 13.0. The van der Waals surface area contributed by atoms with Crippen LogP contribution in [0.3, 0.4) is 0 Å². The highest BCUT2D eigenvalue weighted by Crippen LogP contribution is 2.16. The van der Waals surface area contributed by atoms with E-state index in [-0.39, 0.29) is 0 Å². The van der Waals surface area contributed by atoms with Gasteiger partial charge in [0.05, 0.1) is 0 Å². The molecule has 0 aromatic carbocycles. The summed E-state index contributed by atoms with van der Waals surface area (Å²) in [5.74, 6) is 1.67. The Hall–Kier alpha value is -2.25. The maximum atomic E-state index is 4.52. The van der Waals surface area contributed by atoms with Gasteiger partial charge >= 0.3 is 0 Å². The number of aromatic nitrogens is 6. The molecule has 0 bridgehead atoms. The largest absolute Gasteiger partial charge is 0.354 e. The minimum atomic E-state index is 0.357. The van der Waals surface area contributed by atoms with Crippen molar-refractivity contribution in [3.05, 3.63) is 12.7 Å². The highest BCUT2D eigenvalue weighted by Gasteiger charge is 2.17. The van der Waals surface area contributed by atoms with E-state index in [1.54, 1.807) is 6.33 Å². The fraction of sp³-hybridized carbons (Fsp3) is 0.615. The molecule has 0 saturated carbocycles. The van der Waals surface area contributed by atoms with Gasteiger partial charge in [0.1, 0.15) is 12.7 Å². The van der Waals surface area contributed by atoms with Crippen LogP contribution in [-0.4, -0.2) is 48.8 Å². The Bertz CT molecular complexity index is 553. The van der Waals surface area contributed by atoms with Gasteiger partial charge in [-0.3, -0.25) is 0 Å². The topological polar surface area (TPSA) is 84.7 Å². The van der Waals surface area contributed by atoms with Crippen molar-refractivity contribution in [2.45, 2.75) is 40.2 Å². The Kier molecular flexibility index (Phi) is 5.02. The quantitative estimate of drug-likeness (QED) is 0.827. The van der Waals surface area contributed by atoms with Crippen molar-refractivity contribution in [3.63, 3.8) is 0 Å². The van der Waals surface area contributed by atoms with Crippen molar-refractivity contribution in [3.8, 4) is 5.95 Å². The second-order valence-electron chi connectivity index (χ2n) is 4.67. The molecule has 0 fully saturated rings. The van der Waals surface area contributed by atoms with Gasteiger partial charge in [-0.2, -0.15) is 24.7 Å². The van der Waals surface area contributed by atoms with Crippen molar-refractivity contribution >= 4 is 11.9 Å². The van der Waals surface area contributed by atoms with Crippen LogP contribution in [0.4, 0.5) is 11.9 Å². The summed E-state index contributed by atoms with van der Waals surface area (Å²) in [6, 6.07) is 0.357. The maximum absolute atomic E-state index is 4.52. The lowest BCUT2D eigenvalue weighted by atomic mass is 10.2. The van der Waals surface area contributed by atoms with Gasteiger partial charge in [-0.15, -0.1) is 0 Å². The molecule has 1 N–H and O–H groups in total. The first-order chi connectivity index (χ1) is 10.2. The van der Waals surface area contributed by atoms with Crippen LogP contribution in [0.1, 0.15) is 34.1 Å². The molecule has 8 heteroatoms. The zero-order chi connectivity index (χ0) is 15.2. The van der Waals surface area contributed by atoms with E-state index < -0.39 is 0 Å². The molecule has 0 aliphatic heterocycles. The molecule has 0 aliphatic rings. The monoisotopic (exact) mass is 290 g/mol. The molecular formula is C13H22N8. The lowest BCUT2D eigenvalue weighted by Gasteiger charge is -2.27. The second-order valence-corrected chi connectivity index (χ2v) is 4.67. The van der Waals surface area contributed by atoms with Crippen molar-refractivity contribution in [2.24, 2.45) is 0 Å². The average molecular weight is 290 g/mol. The summed E-state index contributed by atoms with van der Waals surface area (Å²) in [5.41, 5.74) is 0. The first-order valence-electron chi connectivity index (χ1n) is 7.31. The predicted molar refractivity (Wildman–Crippen MR) is 81.7 cm³/mol. The molecule has 0 radical (unpaired) electrons. The van der Waals surface area contributed by atoms with Crippen LogP contribution in [0, 0.1) is 0 Å². The standard InChI is InChI=1S/C13H22N8/c1-5-10(4)20(7-3)12-17-11(15-6-2)18-13(19-12)21-9-14-8-16-21/h8-10H,5-7H2,1-4H3,(H,15,17,18,19). The van der Waals surface area contributed by atoms with E-state index in [1.165, 1.54) is 11.0 Å². The molecule has 1 unspecified atom stereocenters. The highest BCUT2D eigenvalue weighted by atomic mass is 15.4. The van der Waals surface area contributed by atoms with Gasteiger partial charge in [0.15, 0.2) is 0 Å². The molecule has 2 aromatic rings. The van der Waals surface area contributed by atoms with Crippen LogP contribution in [0.15, 0.2) is 12.7 Å². The summed E-state index contributed by atoms with van der Waals surface area (Å²) >= 11 is 0. The van der Waals surface area contributed by atoms with Crippen molar-refractivity contribution in [2.75, 3.05) is 23.3 Å². The van der Waals surface area contributed by atoms with Gasteiger partial charge in [0.2, 0.25) is 11.9 Å². The molecule has 0 spiro atoms. The molecule has 0 amide bonds. The van der Waals surface area contributed by atoms with E-state index in [9.17, 15) is 0 Å². The van der Waals surface area contributed by atoms with Crippen LogP contribution < -0.4 is 10.2 Å². The van der Waals surface area contributed by atoms with Crippen LogP contribution in [0.2, 0.25) is 0 Å². The maximum Gasteiger partial charge on any atom is 0.258 e. The molecule has 8 nitrogen and oxygen atoms in total. The molecular weight excluding hydrogens is 268 g/mol. The van der Waals surface area contributed by atoms with Crippen molar-refractivity contribution in [1.82, 2.24) is 29.7 Å². The van der Waals surface area contributed by atoms with Crippen molar-refractivity contribution < 1.29 is 0 Å². The number of rotatable bonds is 7. The smallest absolute Gasteiger partial charge is 0.258 e. The second kappa shape index (κ2) is 6.96. The summed E-state index contributed by atoms with van der Waals surface area (Å²) in [7, 11) is 0. The van der Waals surface area contributed by atoms with Gasteiger partial charge in [0.25, 0.3) is 5.95 Å². The van der Waals surface area contributed by atoms with Crippen LogP contribution in [0.5, 0.6) is 0 Å². The predicted octanol–water partition coefficient (Wildman–Crippen LogP) is 1.51. The summed E-state index contributed by atoms with van der Waals surface area (Å²) in [6.45, 7) is 9.99. The molecule has 0 aliphatic carbocycles. The normalized spacial score (nSPS) is 12.2. The first kappa shape index (κ1) is 15.1. The van der Waals surface area contributed by atoms with Crippen LogP contribution in [-0.2, 0) is 0 Å². The van der Waals surface area contributed by atoms with Gasteiger partial charge < -0.3 is 10.2 Å². The lowest BCUT2D eigenvalue weighted by Crippen LogP contribution is -2.34. The van der Waals surface area contributed by atoms with E-state index in [0.717, 1.165) is 19.5 Å². The summed E-state index contributed by atoms with van der Waals surface area (Å²) < 4.78 is 1.54. The minimum Gasteiger partial charge on any atom is -0.354 e. The van der Waals surface area contributed by atoms with Crippen LogP contribution in [0.25, 0.3) is 5.95 Å². The molecule has 2 heterocycles. The Labute approximate surface area is 124 Å². The van der Waals surface area contributed by atoms with Crippen molar-refractivity contribution in [1.29, 1.82) is 0 Å². The average Bonchev–Trinajstić information content (AvgIpc) is 3.02. The van der Waals surface area contributed by atoms with Gasteiger partial charge in [-0.1, -0.05) is 6.92 Å². The molecule has 1 atom stereocenters. The third kappa shape index (κ3) is 3.45. The van der Waals surface area contributed by atoms with E-state index in [1.807, 2.05) is 6.92 Å². The van der Waals surface area contributed by atoms with Crippen LogP contribution >= 0.6 is 0 Å². The third-order valence-electron chi connectivity index (χ3n) is 3.29. The third-order valence-corrected chi connectivity index (χ3v) is 3.29. The van der Waals surface area contributed by atoms with Gasteiger partial charge in [0, 0.05) is 19.1 Å². The zero-order valence-corrected chi connectivity index (χ0v) is 13.0. The molecule has 2 rings (SSSR count). The number of nitrogens with one attached hydrogen (secondary N) is 1. The fourth-order valence-electron chi connectivity index (χ4n) is 2.00. The Morgan fingerprint density at radius 2 is 2.05 bits per heavy atom. The van der Waals surface area contributed by atoms with E-state index >= 15 is 0 Å². The summed E-state index contributed by atoms with van der Waals surface area (Å²) in [6.07, 6.45) is 4.06. The number of nitrogens with zero attached hydrogens (tertiary/aromatic N) is 7. The molecule has 21 heavy (non-hydrogen) atoms. The number of hydrogen-bond donors (Lipinski definition) is 1. The Morgan fingerprint density at radius 1 is 1.24 bits per heavy atom. The number of hydrogen-bond acceptors (Lipinski definition) is 7. The fourth-order valence-corrected chi connectivity index (χ4v) is 2.00. The number of anilines is 2. The summed E-state index contributed by atoms with van der Waals surface area (Å²) in [5, 5.41) is 7.22. The van der Waals surface area contributed by atoms with E-state index in [4.69, 9.17) is 0 Å². The molecule has 0 saturated heterocycles. The van der Waals surface area contributed by atoms with Gasteiger partial charge in [-0.25, -0.2) is 4.98 Å². The molecule has 114 valence electrons. The lowest BCUT2D eigenvalue weighted by molar-refractivity contribution is 0.610. The van der Waals surface area contributed by atoms with Gasteiger partial charge in [-0.05, 0) is 27.2 Å². The van der Waals surface area contributed by atoms with E-state index in [0.29, 0.717) is 23.9 Å². The highest BCUT2D eigenvalue weighted by molar-refractivity contribution is 5.40. The summed E-state index contributed by atoms with van der Waals surface area (Å²) in [4.78, 5) is 19.5. The first-order valence-corrected chi connectivity index (χ1v) is 7.31. The van der Waals surface area contributed by atoms with E-state index in [2.05, 4.69) is 56.0 Å². The Balaban J connectivity index is 2.44. The minimum absolute atomic E-state index is 0.357. The Morgan fingerprint density at radius 3 is 2.62 bits per heavy atom. The SMILES string of the molecule is CCNc1nc(N(CC)C(C)CC)nc(-n2cncn2)n1.